The zero-order valence-electron chi connectivity index (χ0n) is 19.1. The third-order valence-corrected chi connectivity index (χ3v) is 7.53. The molecular formula is C24H37NO7. The molecule has 180 valence electrons. The Hall–Kier alpha value is -1.10. The van der Waals surface area contributed by atoms with E-state index in [0.717, 1.165) is 12.0 Å². The molecule has 1 aromatic carbocycles. The largest absolute Gasteiger partial charge is 0.391 e. The summed E-state index contributed by atoms with van der Waals surface area (Å²) in [5.41, 5.74) is -0.453. The Morgan fingerprint density at radius 1 is 1.06 bits per heavy atom. The van der Waals surface area contributed by atoms with E-state index in [-0.39, 0.29) is 18.9 Å². The lowest BCUT2D eigenvalue weighted by Gasteiger charge is -2.60. The molecule has 0 unspecified atom stereocenters. The molecule has 5 N–H and O–H groups in total. The Morgan fingerprint density at radius 2 is 1.78 bits per heavy atom. The van der Waals surface area contributed by atoms with Crippen LogP contribution in [0.5, 0.6) is 0 Å². The molecule has 3 fully saturated rings. The van der Waals surface area contributed by atoms with Crippen LogP contribution in [0, 0.1) is 5.92 Å². The van der Waals surface area contributed by atoms with E-state index in [1.165, 1.54) is 0 Å². The van der Waals surface area contributed by atoms with E-state index in [9.17, 15) is 20.4 Å². The summed E-state index contributed by atoms with van der Waals surface area (Å²) in [7, 11) is 1.69. The van der Waals surface area contributed by atoms with Crippen LogP contribution in [0.1, 0.15) is 45.1 Å². The van der Waals surface area contributed by atoms with Gasteiger partial charge in [0.1, 0.15) is 17.8 Å². The molecule has 2 saturated heterocycles. The van der Waals surface area contributed by atoms with E-state index in [1.54, 1.807) is 7.05 Å². The topological polar surface area (TPSA) is 121 Å². The molecule has 4 rings (SSSR count). The van der Waals surface area contributed by atoms with Gasteiger partial charge in [-0.3, -0.25) is 0 Å². The molecular weight excluding hydrogens is 414 g/mol. The van der Waals surface area contributed by atoms with Gasteiger partial charge < -0.3 is 40.0 Å². The number of ether oxygens (including phenoxy) is 3. The molecule has 10 atom stereocenters. The number of fused-ring (bicyclic) bond motifs is 2. The van der Waals surface area contributed by atoms with Crippen LogP contribution in [0.3, 0.4) is 0 Å². The van der Waals surface area contributed by atoms with Crippen molar-refractivity contribution in [3.8, 4) is 0 Å². The second-order valence-electron chi connectivity index (χ2n) is 9.60. The van der Waals surface area contributed by atoms with Crippen LogP contribution in [-0.2, 0) is 20.6 Å². The van der Waals surface area contributed by atoms with Crippen molar-refractivity contribution in [3.63, 3.8) is 0 Å². The van der Waals surface area contributed by atoms with Crippen molar-refractivity contribution in [2.24, 2.45) is 5.92 Å². The molecule has 1 aliphatic carbocycles. The Balaban J connectivity index is 1.57. The number of aliphatic hydroxyl groups is 4. The molecule has 2 heterocycles. The lowest BCUT2D eigenvalue weighted by molar-refractivity contribution is -0.485. The predicted octanol–water partition coefficient (Wildman–Crippen LogP) is 0.698. The fourth-order valence-electron chi connectivity index (χ4n) is 5.76. The maximum Gasteiger partial charge on any atom is 0.248 e. The van der Waals surface area contributed by atoms with Crippen LogP contribution < -0.4 is 5.32 Å². The van der Waals surface area contributed by atoms with Crippen molar-refractivity contribution >= 4 is 0 Å². The van der Waals surface area contributed by atoms with E-state index in [2.05, 4.69) is 5.32 Å². The van der Waals surface area contributed by atoms with Crippen LogP contribution in [0.25, 0.3) is 0 Å². The third kappa shape index (κ3) is 4.01. The average molecular weight is 452 g/mol. The van der Waals surface area contributed by atoms with Gasteiger partial charge in [0.15, 0.2) is 0 Å². The van der Waals surface area contributed by atoms with Gasteiger partial charge >= 0.3 is 0 Å². The number of benzene rings is 1. The molecule has 2 aliphatic heterocycles. The maximum absolute atomic E-state index is 11.7. The molecule has 3 aliphatic rings. The summed E-state index contributed by atoms with van der Waals surface area (Å²) in [6.07, 6.45) is -2.72. The summed E-state index contributed by atoms with van der Waals surface area (Å²) in [5, 5.41) is 48.1. The summed E-state index contributed by atoms with van der Waals surface area (Å²) < 4.78 is 18.1. The fourth-order valence-corrected chi connectivity index (χ4v) is 5.76. The van der Waals surface area contributed by atoms with E-state index < -0.39 is 54.1 Å². The normalized spacial score (nSPS) is 46.3. The molecule has 0 radical (unpaired) electrons. The average Bonchev–Trinajstić information content (AvgIpc) is 2.75. The second kappa shape index (κ2) is 9.27. The number of hydrogen-bond acceptors (Lipinski definition) is 8. The zero-order valence-corrected chi connectivity index (χ0v) is 19.1. The standard InChI is InChI=1S/C24H37NO7/c1-4-16-18(26)17(25-3)20-21(19(16)27)31-22-24(29,32-20)23(28,13-14(2)30-22)12-8-11-15-9-6-5-7-10-15/h5-7,9-10,14,16-22,25-29H,4,8,11-13H2,1-3H3/t14-,16-,17+,18+,19+,20-,21-,22+,23+,24-/m1/s1. The second-order valence-corrected chi connectivity index (χ2v) is 9.60. The summed E-state index contributed by atoms with van der Waals surface area (Å²) in [6.45, 7) is 3.72. The van der Waals surface area contributed by atoms with Crippen molar-refractivity contribution in [2.45, 2.75) is 100 Å². The number of nitrogens with one attached hydrogen (secondary N) is 1. The Labute approximate surface area is 189 Å². The van der Waals surface area contributed by atoms with Gasteiger partial charge in [-0.15, -0.1) is 0 Å². The lowest BCUT2D eigenvalue weighted by atomic mass is 9.73. The van der Waals surface area contributed by atoms with Gasteiger partial charge in [-0.2, -0.15) is 0 Å². The Morgan fingerprint density at radius 3 is 2.44 bits per heavy atom. The van der Waals surface area contributed by atoms with Crippen LogP contribution in [0.15, 0.2) is 30.3 Å². The Bertz CT molecular complexity index is 766. The summed E-state index contributed by atoms with van der Waals surface area (Å²) in [6, 6.07) is 9.40. The Kier molecular flexibility index (Phi) is 6.96. The van der Waals surface area contributed by atoms with Crippen LogP contribution >= 0.6 is 0 Å². The van der Waals surface area contributed by atoms with Gasteiger partial charge in [0, 0.05) is 12.3 Å². The van der Waals surface area contributed by atoms with E-state index in [1.807, 2.05) is 44.2 Å². The molecule has 0 amide bonds. The summed E-state index contributed by atoms with van der Waals surface area (Å²) in [4.78, 5) is 0. The highest BCUT2D eigenvalue weighted by Gasteiger charge is 2.68. The molecule has 1 saturated carbocycles. The molecule has 0 bridgehead atoms. The highest BCUT2D eigenvalue weighted by Crippen LogP contribution is 2.49. The zero-order chi connectivity index (χ0) is 23.1. The first kappa shape index (κ1) is 24.0. The van der Waals surface area contributed by atoms with Crippen molar-refractivity contribution in [2.75, 3.05) is 7.05 Å². The van der Waals surface area contributed by atoms with Crippen molar-refractivity contribution in [3.05, 3.63) is 35.9 Å². The first-order valence-corrected chi connectivity index (χ1v) is 11.7. The lowest BCUT2D eigenvalue weighted by Crippen LogP contribution is -2.78. The number of rotatable bonds is 6. The first-order chi connectivity index (χ1) is 15.2. The smallest absolute Gasteiger partial charge is 0.248 e. The summed E-state index contributed by atoms with van der Waals surface area (Å²) in [5.74, 6) is -2.53. The first-order valence-electron chi connectivity index (χ1n) is 11.7. The van der Waals surface area contributed by atoms with Crippen LogP contribution in [0.2, 0.25) is 0 Å². The van der Waals surface area contributed by atoms with E-state index >= 15 is 0 Å². The van der Waals surface area contributed by atoms with Crippen molar-refractivity contribution in [1.29, 1.82) is 0 Å². The SMILES string of the molecule is CC[C@@H]1[C@H](O)[C@H](NC)[C@H]2O[C@]3(O)[C@H](O[C@@H]2[C@H]1O)O[C@H](C)C[C@@]3(O)CCCc1ccccc1. The molecule has 0 spiro atoms. The summed E-state index contributed by atoms with van der Waals surface area (Å²) >= 11 is 0. The minimum atomic E-state index is -2.12. The minimum Gasteiger partial charge on any atom is -0.391 e. The quantitative estimate of drug-likeness (QED) is 0.429. The van der Waals surface area contributed by atoms with Gasteiger partial charge in [0.25, 0.3) is 0 Å². The predicted molar refractivity (Wildman–Crippen MR) is 117 cm³/mol. The van der Waals surface area contributed by atoms with Gasteiger partial charge in [0.2, 0.25) is 12.1 Å². The third-order valence-electron chi connectivity index (χ3n) is 7.53. The molecule has 1 aromatic rings. The molecule has 0 aromatic heterocycles. The number of likely N-dealkylation sites (N-methyl/N-ethyl adjacent to an activating group) is 1. The van der Waals surface area contributed by atoms with Crippen molar-refractivity contribution in [1.82, 2.24) is 5.32 Å². The fraction of sp³-hybridized carbons (Fsp3) is 0.750. The highest BCUT2D eigenvalue weighted by molar-refractivity contribution is 5.15. The number of aryl methyl sites for hydroxylation is 1. The molecule has 8 heteroatoms. The van der Waals surface area contributed by atoms with Gasteiger partial charge in [-0.25, -0.2) is 0 Å². The molecule has 8 nitrogen and oxygen atoms in total. The van der Waals surface area contributed by atoms with Gasteiger partial charge in [-0.05, 0) is 45.2 Å². The number of aliphatic hydroxyl groups excluding tert-OH is 2. The molecule has 32 heavy (non-hydrogen) atoms. The van der Waals surface area contributed by atoms with Gasteiger partial charge in [-0.1, -0.05) is 37.3 Å². The monoisotopic (exact) mass is 451 g/mol. The van der Waals surface area contributed by atoms with Crippen molar-refractivity contribution < 1.29 is 34.6 Å². The highest BCUT2D eigenvalue weighted by atomic mass is 16.8. The van der Waals surface area contributed by atoms with Gasteiger partial charge in [0.05, 0.1) is 24.4 Å². The maximum atomic E-state index is 11.7. The number of hydrogen-bond donors (Lipinski definition) is 5. The van der Waals surface area contributed by atoms with Crippen LogP contribution in [-0.4, -0.2) is 81.7 Å². The van der Waals surface area contributed by atoms with Crippen LogP contribution in [0.4, 0.5) is 0 Å². The van der Waals surface area contributed by atoms with E-state index in [4.69, 9.17) is 14.2 Å². The van der Waals surface area contributed by atoms with E-state index in [0.29, 0.717) is 12.8 Å². The minimum absolute atomic E-state index is 0.183.